The van der Waals surface area contributed by atoms with E-state index in [0.717, 1.165) is 114 Å². The Bertz CT molecular complexity index is 1850. The highest BCUT2D eigenvalue weighted by molar-refractivity contribution is 7.47. The van der Waals surface area contributed by atoms with E-state index in [1.165, 1.54) is 180 Å². The molecule has 0 fully saturated rings. The summed E-state index contributed by atoms with van der Waals surface area (Å²) in [6, 6.07) is 0. The Morgan fingerprint density at radius 2 is 0.447 bits per heavy atom. The van der Waals surface area contributed by atoms with Crippen LogP contribution in [0.25, 0.3) is 0 Å². The number of rotatable bonds is 72. The number of aliphatic hydroxyl groups excluding tert-OH is 1. The minimum absolute atomic E-state index is 0.105. The molecule has 0 aromatic carbocycles. The zero-order valence-corrected chi connectivity index (χ0v) is 63.4. The Kier molecular flexibility index (Phi) is 63.1. The molecule has 19 heteroatoms. The van der Waals surface area contributed by atoms with E-state index in [-0.39, 0.29) is 25.7 Å². The van der Waals surface area contributed by atoms with Gasteiger partial charge in [0, 0.05) is 25.7 Å². The molecule has 0 bridgehead atoms. The highest BCUT2D eigenvalue weighted by Gasteiger charge is 2.30. The number of carbonyl (C=O) groups excluding carboxylic acids is 4. The summed E-state index contributed by atoms with van der Waals surface area (Å²) in [6.07, 6.45) is 48.5. The maximum Gasteiger partial charge on any atom is 0.472 e. The molecule has 0 saturated heterocycles. The molecular weight excluding hydrogens is 1230 g/mol. The van der Waals surface area contributed by atoms with Crippen LogP contribution in [-0.4, -0.2) is 96.7 Å². The Morgan fingerprint density at radius 1 is 0.266 bits per heavy atom. The molecule has 5 atom stereocenters. The lowest BCUT2D eigenvalue weighted by Crippen LogP contribution is -2.30. The summed E-state index contributed by atoms with van der Waals surface area (Å²) in [5.41, 5.74) is 0. The van der Waals surface area contributed by atoms with Crippen molar-refractivity contribution in [3.05, 3.63) is 0 Å². The quantitative estimate of drug-likeness (QED) is 0.0222. The molecule has 2 unspecified atom stereocenters. The van der Waals surface area contributed by atoms with Gasteiger partial charge in [-0.05, 0) is 49.4 Å². The molecule has 0 aliphatic carbocycles. The molecule has 0 spiro atoms. The van der Waals surface area contributed by atoms with Crippen LogP contribution in [0.5, 0.6) is 0 Å². The van der Waals surface area contributed by atoms with Crippen molar-refractivity contribution in [1.29, 1.82) is 0 Å². The lowest BCUT2D eigenvalue weighted by atomic mass is 10.0. The molecular formula is C75H146O17P2. The summed E-state index contributed by atoms with van der Waals surface area (Å²) < 4.78 is 68.5. The largest absolute Gasteiger partial charge is 0.472 e. The number of unbranched alkanes of at least 4 members (excludes halogenated alkanes) is 38. The van der Waals surface area contributed by atoms with E-state index in [4.69, 9.17) is 37.0 Å². The molecule has 0 aromatic rings. The van der Waals surface area contributed by atoms with E-state index in [0.29, 0.717) is 25.7 Å². The molecule has 558 valence electrons. The predicted octanol–water partition coefficient (Wildman–Crippen LogP) is 21.7. The van der Waals surface area contributed by atoms with Crippen LogP contribution in [0.4, 0.5) is 0 Å². The molecule has 0 aromatic heterocycles. The summed E-state index contributed by atoms with van der Waals surface area (Å²) in [4.78, 5) is 72.8. The monoisotopic (exact) mass is 1380 g/mol. The Labute approximate surface area is 575 Å². The number of aliphatic hydroxyl groups is 1. The lowest BCUT2D eigenvalue weighted by molar-refractivity contribution is -0.161. The number of phosphoric acid groups is 2. The predicted molar refractivity (Wildman–Crippen MR) is 381 cm³/mol. The fourth-order valence-electron chi connectivity index (χ4n) is 11.4. The van der Waals surface area contributed by atoms with E-state index in [2.05, 4.69) is 55.4 Å². The van der Waals surface area contributed by atoms with Crippen molar-refractivity contribution < 1.29 is 80.2 Å². The van der Waals surface area contributed by atoms with Gasteiger partial charge in [0.2, 0.25) is 0 Å². The van der Waals surface area contributed by atoms with Crippen molar-refractivity contribution in [3.8, 4) is 0 Å². The fourth-order valence-corrected chi connectivity index (χ4v) is 13.0. The van der Waals surface area contributed by atoms with E-state index in [1.54, 1.807) is 0 Å². The SMILES string of the molecule is CC(C)CCCCCCCCCCCCCCC(=O)O[C@H](COC(=O)CCCCCCCCCCCCCC(C)C)COP(=O)(O)OC[C@@H](O)COP(=O)(O)OC[C@@H](COC(=O)CCCCCCCCCCCC(C)C)OC(=O)CCCCCCCCCCCCC(C)C. The standard InChI is InChI=1S/C75H146O17P2/c1-65(2)51-43-35-27-19-12-9-10-14-24-33-41-49-57-74(79)91-70(61-85-72(77)55-47-39-31-23-15-11-13-20-28-36-44-52-66(3)4)63-89-93(81,82)87-59-69(76)60-88-94(83,84)90-64-71(62-86-73(78)56-48-40-32-26-18-22-30-38-46-54-68(7)8)92-75(80)58-50-42-34-25-17-16-21-29-37-45-53-67(5)6/h65-71,76H,9-64H2,1-8H3,(H,81,82)(H,83,84)/t69-,70-,71-/m1/s1. The normalized spacial score (nSPS) is 14.2. The zero-order valence-electron chi connectivity index (χ0n) is 61.6. The van der Waals surface area contributed by atoms with Gasteiger partial charge in [-0.15, -0.1) is 0 Å². The number of hydrogen-bond acceptors (Lipinski definition) is 15. The number of phosphoric ester groups is 2. The van der Waals surface area contributed by atoms with Crippen LogP contribution in [0.1, 0.15) is 376 Å². The van der Waals surface area contributed by atoms with E-state index in [1.807, 2.05) is 0 Å². The van der Waals surface area contributed by atoms with Crippen molar-refractivity contribution >= 4 is 39.5 Å². The summed E-state index contributed by atoms with van der Waals surface area (Å²) in [5, 5.41) is 10.6. The number of hydrogen-bond donors (Lipinski definition) is 3. The van der Waals surface area contributed by atoms with E-state index in [9.17, 15) is 43.2 Å². The maximum absolute atomic E-state index is 13.1. The van der Waals surface area contributed by atoms with Crippen LogP contribution in [-0.2, 0) is 65.4 Å². The highest BCUT2D eigenvalue weighted by atomic mass is 31.2. The van der Waals surface area contributed by atoms with Crippen molar-refractivity contribution in [2.75, 3.05) is 39.6 Å². The molecule has 3 N–H and O–H groups in total. The topological polar surface area (TPSA) is 237 Å². The molecule has 0 amide bonds. The third-order valence-electron chi connectivity index (χ3n) is 17.3. The third-order valence-corrected chi connectivity index (χ3v) is 19.2. The van der Waals surface area contributed by atoms with Crippen LogP contribution in [0.3, 0.4) is 0 Å². The van der Waals surface area contributed by atoms with Crippen LogP contribution < -0.4 is 0 Å². The first-order valence-electron chi connectivity index (χ1n) is 38.7. The summed E-state index contributed by atoms with van der Waals surface area (Å²) >= 11 is 0. The first kappa shape index (κ1) is 92.1. The summed E-state index contributed by atoms with van der Waals surface area (Å²) in [5.74, 6) is 0.922. The van der Waals surface area contributed by atoms with Gasteiger partial charge in [-0.3, -0.25) is 37.3 Å². The second-order valence-electron chi connectivity index (χ2n) is 28.9. The maximum atomic E-state index is 13.1. The number of esters is 4. The number of ether oxygens (including phenoxy) is 4. The van der Waals surface area contributed by atoms with Gasteiger partial charge in [-0.2, -0.15) is 0 Å². The first-order valence-corrected chi connectivity index (χ1v) is 41.7. The van der Waals surface area contributed by atoms with Gasteiger partial charge < -0.3 is 33.8 Å². The molecule has 0 radical (unpaired) electrons. The van der Waals surface area contributed by atoms with E-state index >= 15 is 0 Å². The van der Waals surface area contributed by atoms with Crippen LogP contribution >= 0.6 is 15.6 Å². The molecule has 0 aliphatic heterocycles. The molecule has 0 aliphatic rings. The minimum atomic E-state index is -4.96. The molecule has 17 nitrogen and oxygen atoms in total. The first-order chi connectivity index (χ1) is 45.1. The van der Waals surface area contributed by atoms with Gasteiger partial charge >= 0.3 is 39.5 Å². The smallest absolute Gasteiger partial charge is 0.462 e. The average molecular weight is 1380 g/mol. The lowest BCUT2D eigenvalue weighted by Gasteiger charge is -2.21. The summed E-state index contributed by atoms with van der Waals surface area (Å²) in [7, 11) is -9.91. The zero-order chi connectivity index (χ0) is 69.6. The summed E-state index contributed by atoms with van der Waals surface area (Å²) in [6.45, 7) is 14.2. The van der Waals surface area contributed by atoms with Gasteiger partial charge in [0.15, 0.2) is 12.2 Å². The van der Waals surface area contributed by atoms with Crippen molar-refractivity contribution in [2.24, 2.45) is 23.7 Å². The van der Waals surface area contributed by atoms with Gasteiger partial charge in [-0.1, -0.05) is 325 Å². The molecule has 94 heavy (non-hydrogen) atoms. The molecule has 0 heterocycles. The Balaban J connectivity index is 5.27. The van der Waals surface area contributed by atoms with Crippen LogP contribution in [0.2, 0.25) is 0 Å². The highest BCUT2D eigenvalue weighted by Crippen LogP contribution is 2.45. The van der Waals surface area contributed by atoms with Crippen molar-refractivity contribution in [2.45, 2.75) is 395 Å². The second-order valence-corrected chi connectivity index (χ2v) is 31.9. The van der Waals surface area contributed by atoms with Gasteiger partial charge in [0.1, 0.15) is 19.3 Å². The van der Waals surface area contributed by atoms with Gasteiger partial charge in [0.25, 0.3) is 0 Å². The van der Waals surface area contributed by atoms with Crippen LogP contribution in [0.15, 0.2) is 0 Å². The Hall–Kier alpha value is -1.94. The average Bonchev–Trinajstić information content (AvgIpc) is 1.24. The van der Waals surface area contributed by atoms with Crippen LogP contribution in [0, 0.1) is 23.7 Å². The molecule has 0 rings (SSSR count). The van der Waals surface area contributed by atoms with Gasteiger partial charge in [-0.25, -0.2) is 9.13 Å². The second kappa shape index (κ2) is 64.4. The van der Waals surface area contributed by atoms with Gasteiger partial charge in [0.05, 0.1) is 26.4 Å². The number of carbonyl (C=O) groups is 4. The Morgan fingerprint density at radius 3 is 0.660 bits per heavy atom. The molecule has 0 saturated carbocycles. The van der Waals surface area contributed by atoms with Crippen molar-refractivity contribution in [1.82, 2.24) is 0 Å². The van der Waals surface area contributed by atoms with Crippen molar-refractivity contribution in [3.63, 3.8) is 0 Å². The third kappa shape index (κ3) is 68.6. The minimum Gasteiger partial charge on any atom is -0.462 e. The fraction of sp³-hybridized carbons (Fsp3) is 0.947. The van der Waals surface area contributed by atoms with E-state index < -0.39 is 97.5 Å².